The number of ether oxygens (including phenoxy) is 1. The summed E-state index contributed by atoms with van der Waals surface area (Å²) in [6.07, 6.45) is 11.3. The molecule has 1 saturated heterocycles. The third-order valence-electron chi connectivity index (χ3n) is 10.0. The van der Waals surface area contributed by atoms with Crippen LogP contribution in [0.25, 0.3) is 0 Å². The van der Waals surface area contributed by atoms with Gasteiger partial charge in [-0.2, -0.15) is 0 Å². The number of ketones is 1. The molecule has 0 aromatic carbocycles. The van der Waals surface area contributed by atoms with E-state index in [4.69, 9.17) is 0 Å². The average molecular weight is 779 g/mol. The van der Waals surface area contributed by atoms with E-state index in [9.17, 15) is 38.4 Å². The molecule has 1 unspecified atom stereocenters. The van der Waals surface area contributed by atoms with Crippen LogP contribution in [0, 0.1) is 5.92 Å². The van der Waals surface area contributed by atoms with Gasteiger partial charge in [-0.05, 0) is 81.6 Å². The quantitative estimate of drug-likeness (QED) is 0.0552. The largest absolute Gasteiger partial charge is 0.469 e. The Kier molecular flexibility index (Phi) is 19.5. The number of hydrogen-bond acceptors (Lipinski definition) is 9. The molecule has 0 bridgehead atoms. The number of nitrogens with zero attached hydrogens (tertiary/aromatic N) is 1. The van der Waals surface area contributed by atoms with Crippen molar-refractivity contribution in [3.05, 3.63) is 0 Å². The second-order valence-corrected chi connectivity index (χ2v) is 16.9. The van der Waals surface area contributed by atoms with Crippen molar-refractivity contribution in [1.82, 2.24) is 31.5 Å². The molecule has 5 N–H and O–H groups in total. The third-order valence-corrected chi connectivity index (χ3v) is 10.0. The summed E-state index contributed by atoms with van der Waals surface area (Å²) in [5.74, 6) is -5.08. The van der Waals surface area contributed by atoms with Crippen LogP contribution in [-0.4, -0.2) is 100 Å². The monoisotopic (exact) mass is 779 g/mol. The van der Waals surface area contributed by atoms with E-state index < -0.39 is 75.5 Å². The predicted molar refractivity (Wildman–Crippen MR) is 209 cm³/mol. The highest BCUT2D eigenvalue weighted by Gasteiger charge is 2.44. The zero-order valence-corrected chi connectivity index (χ0v) is 35.4. The van der Waals surface area contributed by atoms with Crippen molar-refractivity contribution in [2.24, 2.45) is 5.92 Å². The van der Waals surface area contributed by atoms with Gasteiger partial charge in [-0.3, -0.25) is 38.4 Å². The molecule has 1 aliphatic rings. The lowest BCUT2D eigenvalue weighted by molar-refractivity contribution is -0.146. The minimum Gasteiger partial charge on any atom is -0.469 e. The summed E-state index contributed by atoms with van der Waals surface area (Å²) in [5.41, 5.74) is -6.00. The maximum atomic E-state index is 13.5. The van der Waals surface area contributed by atoms with Crippen LogP contribution in [0.1, 0.15) is 153 Å². The molecule has 1 rings (SSSR count). The second-order valence-electron chi connectivity index (χ2n) is 16.9. The summed E-state index contributed by atoms with van der Waals surface area (Å²) >= 11 is 0. The molecule has 2 atom stereocenters. The van der Waals surface area contributed by atoms with E-state index in [0.717, 1.165) is 25.7 Å². The standard InChI is InChI=1S/C40H70N6O9/c1-12-13-14-15-16-17-18-19-20-23-29(47)27(2)32(50)46-26-21-22-28(46)31(49)42-38(5,6)34(52)44-40(9,10)36(54)45-39(7,8)35(53)43-37(3,4)33(51)41-25-24-30(48)55-11/h27-28H,12-26H2,1-11H3,(H,41,51)(H,42,49)(H,43,53)(H,44,52)(H,45,54)/t27-,28?/m0/s1. The first-order valence-electron chi connectivity index (χ1n) is 19.9. The van der Waals surface area contributed by atoms with Crippen LogP contribution < -0.4 is 26.6 Å². The van der Waals surface area contributed by atoms with Gasteiger partial charge in [0.15, 0.2) is 0 Å². The number of carbonyl (C=O) groups is 8. The molecule has 0 aromatic rings. The maximum absolute atomic E-state index is 13.5. The molecule has 0 radical (unpaired) electrons. The first-order chi connectivity index (χ1) is 25.4. The summed E-state index contributed by atoms with van der Waals surface area (Å²) in [6.45, 7) is 15.8. The first-order valence-corrected chi connectivity index (χ1v) is 19.9. The zero-order chi connectivity index (χ0) is 42.2. The Balaban J connectivity index is 2.76. The van der Waals surface area contributed by atoms with Gasteiger partial charge >= 0.3 is 5.97 Å². The predicted octanol–water partition coefficient (Wildman–Crippen LogP) is 3.36. The van der Waals surface area contributed by atoms with E-state index in [1.807, 2.05) is 0 Å². The SMILES string of the molecule is CCCCCCCCCCCC(=O)[C@H](C)C(=O)N1CCCC1C(=O)NC(C)(C)C(=O)NC(C)(C)C(=O)NC(C)(C)C(=O)NC(C)(C)C(=O)NCCC(=O)OC. The Bertz CT molecular complexity index is 1370. The summed E-state index contributed by atoms with van der Waals surface area (Å²) in [6, 6.07) is -0.850. The highest BCUT2D eigenvalue weighted by Crippen LogP contribution is 2.23. The highest BCUT2D eigenvalue weighted by atomic mass is 16.5. The van der Waals surface area contributed by atoms with E-state index in [2.05, 4.69) is 38.2 Å². The Labute approximate surface area is 328 Å². The van der Waals surface area contributed by atoms with Gasteiger partial charge in [-0.1, -0.05) is 58.3 Å². The number of rotatable bonds is 24. The molecule has 314 valence electrons. The highest BCUT2D eigenvalue weighted by molar-refractivity contribution is 6.03. The summed E-state index contributed by atoms with van der Waals surface area (Å²) in [4.78, 5) is 105. The molecular weight excluding hydrogens is 708 g/mol. The normalized spacial score (nSPS) is 15.4. The molecule has 0 aromatic heterocycles. The van der Waals surface area contributed by atoms with Crippen LogP contribution in [0.5, 0.6) is 0 Å². The van der Waals surface area contributed by atoms with Crippen LogP contribution in [0.2, 0.25) is 0 Å². The lowest BCUT2D eigenvalue weighted by Crippen LogP contribution is -2.68. The number of likely N-dealkylation sites (tertiary alicyclic amines) is 1. The summed E-state index contributed by atoms with van der Waals surface area (Å²) in [5, 5.41) is 13.1. The van der Waals surface area contributed by atoms with Crippen molar-refractivity contribution in [3.8, 4) is 0 Å². The number of esters is 1. The van der Waals surface area contributed by atoms with Crippen molar-refractivity contribution in [2.45, 2.75) is 181 Å². The smallest absolute Gasteiger partial charge is 0.307 e. The number of methoxy groups -OCH3 is 1. The molecule has 55 heavy (non-hydrogen) atoms. The van der Waals surface area contributed by atoms with Crippen LogP contribution in [0.4, 0.5) is 0 Å². The number of hydrogen-bond donors (Lipinski definition) is 5. The number of amides is 6. The van der Waals surface area contributed by atoms with Crippen LogP contribution >= 0.6 is 0 Å². The molecule has 0 spiro atoms. The van der Waals surface area contributed by atoms with Gasteiger partial charge in [-0.15, -0.1) is 0 Å². The fraction of sp³-hybridized carbons (Fsp3) is 0.800. The van der Waals surface area contributed by atoms with Crippen LogP contribution in [0.3, 0.4) is 0 Å². The molecule has 1 heterocycles. The average Bonchev–Trinajstić information content (AvgIpc) is 3.59. The molecule has 15 nitrogen and oxygen atoms in total. The minimum atomic E-state index is -1.56. The van der Waals surface area contributed by atoms with Crippen molar-refractivity contribution >= 4 is 47.2 Å². The summed E-state index contributed by atoms with van der Waals surface area (Å²) < 4.78 is 4.55. The Hall–Kier alpha value is -4.04. The van der Waals surface area contributed by atoms with E-state index >= 15 is 0 Å². The number of unbranched alkanes of at least 4 members (excludes halogenated alkanes) is 8. The lowest BCUT2D eigenvalue weighted by Gasteiger charge is -2.36. The lowest BCUT2D eigenvalue weighted by atomic mass is 9.95. The molecule has 0 aliphatic carbocycles. The molecule has 1 fully saturated rings. The molecular formula is C40H70N6O9. The van der Waals surface area contributed by atoms with Gasteiger partial charge in [0.05, 0.1) is 19.4 Å². The molecule has 0 saturated carbocycles. The molecule has 6 amide bonds. The summed E-state index contributed by atoms with van der Waals surface area (Å²) in [7, 11) is 1.23. The van der Waals surface area contributed by atoms with Crippen molar-refractivity contribution in [3.63, 3.8) is 0 Å². The maximum Gasteiger partial charge on any atom is 0.307 e. The van der Waals surface area contributed by atoms with E-state index in [0.29, 0.717) is 25.8 Å². The fourth-order valence-corrected chi connectivity index (χ4v) is 6.06. The topological polar surface area (TPSA) is 209 Å². The Morgan fingerprint density at radius 3 is 1.55 bits per heavy atom. The van der Waals surface area contributed by atoms with Crippen LogP contribution in [-0.2, 0) is 43.1 Å². The number of carbonyl (C=O) groups excluding carboxylic acids is 8. The van der Waals surface area contributed by atoms with Gasteiger partial charge in [0, 0.05) is 19.5 Å². The number of Topliss-reactive ketones (excluding diaryl/α,β-unsaturated/α-hetero) is 1. The van der Waals surface area contributed by atoms with Gasteiger partial charge in [-0.25, -0.2) is 0 Å². The third kappa shape index (κ3) is 15.9. The van der Waals surface area contributed by atoms with E-state index in [-0.39, 0.29) is 18.7 Å². The van der Waals surface area contributed by atoms with Gasteiger partial charge in [0.25, 0.3) is 0 Å². The minimum absolute atomic E-state index is 0.00630. The van der Waals surface area contributed by atoms with E-state index in [1.165, 1.54) is 99.5 Å². The van der Waals surface area contributed by atoms with Gasteiger partial charge in [0.2, 0.25) is 35.4 Å². The van der Waals surface area contributed by atoms with E-state index in [1.54, 1.807) is 6.92 Å². The Morgan fingerprint density at radius 2 is 1.07 bits per heavy atom. The van der Waals surface area contributed by atoms with Crippen LogP contribution in [0.15, 0.2) is 0 Å². The van der Waals surface area contributed by atoms with Crippen molar-refractivity contribution in [1.29, 1.82) is 0 Å². The van der Waals surface area contributed by atoms with Crippen molar-refractivity contribution in [2.75, 3.05) is 20.2 Å². The first kappa shape index (κ1) is 49.0. The zero-order valence-electron chi connectivity index (χ0n) is 35.4. The van der Waals surface area contributed by atoms with Gasteiger partial charge < -0.3 is 36.2 Å². The second kappa shape index (κ2) is 21.9. The van der Waals surface area contributed by atoms with Crippen molar-refractivity contribution < 1.29 is 43.1 Å². The fourth-order valence-electron chi connectivity index (χ4n) is 6.06. The van der Waals surface area contributed by atoms with Gasteiger partial charge in [0.1, 0.15) is 34.0 Å². The number of nitrogens with one attached hydrogen (secondary N) is 5. The Morgan fingerprint density at radius 1 is 0.636 bits per heavy atom. The molecule has 15 heteroatoms. The molecule has 1 aliphatic heterocycles.